The van der Waals surface area contributed by atoms with Gasteiger partial charge in [0.1, 0.15) is 0 Å². The van der Waals surface area contributed by atoms with Crippen molar-refractivity contribution < 1.29 is 26.3 Å². The van der Waals surface area contributed by atoms with Crippen molar-refractivity contribution in [3.05, 3.63) is 29.7 Å². The van der Waals surface area contributed by atoms with Gasteiger partial charge in [-0.2, -0.15) is 26.3 Å². The van der Waals surface area contributed by atoms with Gasteiger partial charge in [0.15, 0.2) is 0 Å². The van der Waals surface area contributed by atoms with Crippen LogP contribution in [0.25, 0.3) is 0 Å². The standard InChI is InChI=1S/C9H7F6/c1-5-4-6(8(10,11)12)2-3-7(5)9(13,14)15/h2-4,7H,1H3. The van der Waals surface area contributed by atoms with E-state index in [1.54, 1.807) is 0 Å². The van der Waals surface area contributed by atoms with Gasteiger partial charge in [0.25, 0.3) is 0 Å². The van der Waals surface area contributed by atoms with Crippen LogP contribution in [0, 0.1) is 11.8 Å². The summed E-state index contributed by atoms with van der Waals surface area (Å²) < 4.78 is 73.1. The summed E-state index contributed by atoms with van der Waals surface area (Å²) in [5.74, 6) is -2.26. The summed E-state index contributed by atoms with van der Waals surface area (Å²) in [6.45, 7) is 1.04. The van der Waals surface area contributed by atoms with Crippen LogP contribution in [0.4, 0.5) is 26.3 Å². The molecule has 1 atom stereocenters. The van der Waals surface area contributed by atoms with E-state index in [2.05, 4.69) is 0 Å². The van der Waals surface area contributed by atoms with Crippen molar-refractivity contribution in [2.24, 2.45) is 5.92 Å². The first-order valence-corrected chi connectivity index (χ1v) is 3.99. The van der Waals surface area contributed by atoms with Gasteiger partial charge in [0.2, 0.25) is 0 Å². The van der Waals surface area contributed by atoms with E-state index in [-0.39, 0.29) is 5.92 Å². The Bertz CT molecular complexity index is 293. The first kappa shape index (κ1) is 12.1. The Morgan fingerprint density at radius 2 is 1.60 bits per heavy atom. The third-order valence-electron chi connectivity index (χ3n) is 2.02. The number of allylic oxidation sites excluding steroid dienone is 4. The average Bonchev–Trinajstić information content (AvgIpc) is 1.99. The van der Waals surface area contributed by atoms with E-state index in [1.165, 1.54) is 0 Å². The average molecular weight is 229 g/mol. The van der Waals surface area contributed by atoms with Gasteiger partial charge in [-0.3, -0.25) is 0 Å². The topological polar surface area (TPSA) is 0 Å². The quantitative estimate of drug-likeness (QED) is 0.554. The highest BCUT2D eigenvalue weighted by Gasteiger charge is 2.44. The molecule has 0 amide bonds. The molecule has 1 radical (unpaired) electrons. The van der Waals surface area contributed by atoms with E-state index >= 15 is 0 Å². The fourth-order valence-electron chi connectivity index (χ4n) is 1.28. The molecule has 0 aromatic carbocycles. The molecule has 1 unspecified atom stereocenters. The minimum atomic E-state index is -4.60. The molecule has 15 heavy (non-hydrogen) atoms. The third-order valence-corrected chi connectivity index (χ3v) is 2.02. The Balaban J connectivity index is 2.90. The van der Waals surface area contributed by atoms with Crippen LogP contribution in [0.5, 0.6) is 0 Å². The molecule has 0 heterocycles. The van der Waals surface area contributed by atoms with Crippen LogP contribution in [0.15, 0.2) is 23.8 Å². The molecule has 0 fully saturated rings. The smallest absolute Gasteiger partial charge is 0.170 e. The van der Waals surface area contributed by atoms with Crippen LogP contribution in [0.2, 0.25) is 0 Å². The molecule has 0 spiro atoms. The SMILES string of the molecule is C[C]1C=C(C(F)(F)F)C=CC1C(F)(F)F. The lowest BCUT2D eigenvalue weighted by Crippen LogP contribution is -2.28. The number of hydrogen-bond donors (Lipinski definition) is 0. The molecule has 1 rings (SSSR count). The molecule has 0 saturated heterocycles. The van der Waals surface area contributed by atoms with Gasteiger partial charge in [-0.15, -0.1) is 0 Å². The summed E-state index contributed by atoms with van der Waals surface area (Å²) in [6.07, 6.45) is -7.62. The predicted octanol–water partition coefficient (Wildman–Crippen LogP) is 3.82. The lowest BCUT2D eigenvalue weighted by molar-refractivity contribution is -0.156. The van der Waals surface area contributed by atoms with E-state index < -0.39 is 23.8 Å². The molecule has 6 heteroatoms. The Kier molecular flexibility index (Phi) is 2.89. The highest BCUT2D eigenvalue weighted by atomic mass is 19.4. The molecule has 0 aliphatic heterocycles. The Hall–Kier alpha value is -0.940. The van der Waals surface area contributed by atoms with Crippen LogP contribution < -0.4 is 0 Å². The minimum absolute atomic E-state index is 0.350. The Morgan fingerprint density at radius 1 is 1.07 bits per heavy atom. The fraction of sp³-hybridized carbons (Fsp3) is 0.444. The van der Waals surface area contributed by atoms with Gasteiger partial charge < -0.3 is 0 Å². The van der Waals surface area contributed by atoms with Crippen LogP contribution in [-0.4, -0.2) is 12.4 Å². The summed E-state index contributed by atoms with van der Waals surface area (Å²) in [7, 11) is 0. The highest BCUT2D eigenvalue weighted by Crippen LogP contribution is 2.41. The van der Waals surface area contributed by atoms with Gasteiger partial charge in [-0.1, -0.05) is 25.2 Å². The summed E-state index contributed by atoms with van der Waals surface area (Å²) in [5, 5.41) is 0. The van der Waals surface area contributed by atoms with Gasteiger partial charge in [0.05, 0.1) is 11.5 Å². The van der Waals surface area contributed by atoms with Gasteiger partial charge >= 0.3 is 12.4 Å². The molecular weight excluding hydrogens is 222 g/mol. The molecular formula is C9H7F6. The number of rotatable bonds is 0. The van der Waals surface area contributed by atoms with Crippen molar-refractivity contribution in [3.63, 3.8) is 0 Å². The fourth-order valence-corrected chi connectivity index (χ4v) is 1.28. The van der Waals surface area contributed by atoms with E-state index in [4.69, 9.17) is 0 Å². The number of hydrogen-bond acceptors (Lipinski definition) is 0. The van der Waals surface area contributed by atoms with Crippen LogP contribution in [-0.2, 0) is 0 Å². The maximum Gasteiger partial charge on any atom is 0.416 e. The second-order valence-corrected chi connectivity index (χ2v) is 3.22. The van der Waals surface area contributed by atoms with Crippen molar-refractivity contribution in [1.29, 1.82) is 0 Å². The molecule has 0 bridgehead atoms. The van der Waals surface area contributed by atoms with Gasteiger partial charge in [0, 0.05) is 5.92 Å². The van der Waals surface area contributed by atoms with Crippen molar-refractivity contribution in [1.82, 2.24) is 0 Å². The second-order valence-electron chi connectivity index (χ2n) is 3.22. The minimum Gasteiger partial charge on any atom is -0.170 e. The molecule has 85 valence electrons. The molecule has 0 aromatic heterocycles. The summed E-state index contributed by atoms with van der Waals surface area (Å²) in [6, 6.07) is 0. The van der Waals surface area contributed by atoms with Crippen LogP contribution in [0.3, 0.4) is 0 Å². The zero-order valence-electron chi connectivity index (χ0n) is 7.58. The Morgan fingerprint density at radius 3 is 1.93 bits per heavy atom. The van der Waals surface area contributed by atoms with E-state index in [0.29, 0.717) is 18.2 Å². The molecule has 0 nitrogen and oxygen atoms in total. The molecule has 0 saturated carbocycles. The Labute approximate surface area is 82.3 Å². The largest absolute Gasteiger partial charge is 0.416 e. The first-order valence-electron chi connectivity index (χ1n) is 3.99. The number of halogens is 6. The maximum absolute atomic E-state index is 12.2. The summed E-state index contributed by atoms with van der Waals surface area (Å²) in [4.78, 5) is 0. The van der Waals surface area contributed by atoms with E-state index in [1.807, 2.05) is 0 Å². The maximum atomic E-state index is 12.2. The lowest BCUT2D eigenvalue weighted by atomic mass is 9.86. The monoisotopic (exact) mass is 229 g/mol. The molecule has 1 aliphatic rings. The zero-order chi connectivity index (χ0) is 11.9. The first-order chi connectivity index (χ1) is 6.62. The number of alkyl halides is 6. The third kappa shape index (κ3) is 2.76. The lowest BCUT2D eigenvalue weighted by Gasteiger charge is -2.25. The normalized spacial score (nSPS) is 24.2. The van der Waals surface area contributed by atoms with E-state index in [9.17, 15) is 26.3 Å². The zero-order valence-corrected chi connectivity index (χ0v) is 7.58. The van der Waals surface area contributed by atoms with Crippen molar-refractivity contribution >= 4 is 0 Å². The molecule has 0 N–H and O–H groups in total. The second kappa shape index (κ2) is 3.57. The van der Waals surface area contributed by atoms with Crippen molar-refractivity contribution in [2.75, 3.05) is 0 Å². The van der Waals surface area contributed by atoms with Gasteiger partial charge in [-0.05, 0) is 0 Å². The van der Waals surface area contributed by atoms with Crippen molar-refractivity contribution in [3.8, 4) is 0 Å². The molecule has 1 aliphatic carbocycles. The van der Waals surface area contributed by atoms with Crippen LogP contribution in [0.1, 0.15) is 6.92 Å². The highest BCUT2D eigenvalue weighted by molar-refractivity contribution is 5.37. The predicted molar refractivity (Wildman–Crippen MR) is 41.7 cm³/mol. The summed E-state index contributed by atoms with van der Waals surface area (Å²) in [5.41, 5.74) is -1.06. The van der Waals surface area contributed by atoms with Crippen molar-refractivity contribution in [2.45, 2.75) is 19.3 Å². The van der Waals surface area contributed by atoms with E-state index in [0.717, 1.165) is 6.92 Å². The van der Waals surface area contributed by atoms with Gasteiger partial charge in [-0.25, -0.2) is 0 Å². The molecule has 0 aromatic rings. The van der Waals surface area contributed by atoms with Crippen LogP contribution >= 0.6 is 0 Å². The summed E-state index contributed by atoms with van der Waals surface area (Å²) >= 11 is 0.